The summed E-state index contributed by atoms with van der Waals surface area (Å²) < 4.78 is 0. The molecule has 0 saturated carbocycles. The molecular formula is C15H19N2NaO5S2. The zero-order valence-corrected chi connectivity index (χ0v) is 18.2. The third-order valence-corrected chi connectivity index (χ3v) is 7.58. The fourth-order valence-electron chi connectivity index (χ4n) is 3.63. The second-order valence-corrected chi connectivity index (χ2v) is 8.76. The van der Waals surface area contributed by atoms with Crippen molar-refractivity contribution in [2.24, 2.45) is 11.8 Å². The van der Waals surface area contributed by atoms with E-state index < -0.39 is 18.0 Å². The predicted molar refractivity (Wildman–Crippen MR) is 88.9 cm³/mol. The van der Waals surface area contributed by atoms with E-state index in [0.717, 1.165) is 0 Å². The van der Waals surface area contributed by atoms with Gasteiger partial charge in [0, 0.05) is 35.4 Å². The van der Waals surface area contributed by atoms with Crippen molar-refractivity contribution in [3.63, 3.8) is 0 Å². The fraction of sp³-hybridized carbons (Fsp3) is 0.667. The zero-order valence-electron chi connectivity index (χ0n) is 14.6. The first-order valence-electron chi connectivity index (χ1n) is 7.75. The van der Waals surface area contributed by atoms with E-state index in [1.165, 1.54) is 28.4 Å². The number of thioether (sulfide) groups is 2. The summed E-state index contributed by atoms with van der Waals surface area (Å²) in [5, 5.41) is 21.5. The number of aliphatic hydroxyl groups excluding tert-OH is 1. The second-order valence-electron chi connectivity index (χ2n) is 6.45. The molecule has 3 aliphatic heterocycles. The van der Waals surface area contributed by atoms with Crippen LogP contribution in [0.1, 0.15) is 13.8 Å². The molecule has 3 aliphatic rings. The summed E-state index contributed by atoms with van der Waals surface area (Å²) in [6.45, 7) is 3.96. The number of carboxylic acids is 1. The topological polar surface area (TPSA) is 101 Å². The molecule has 0 radical (unpaired) electrons. The van der Waals surface area contributed by atoms with Crippen molar-refractivity contribution in [2.75, 3.05) is 19.3 Å². The molecule has 0 aromatic heterocycles. The maximum absolute atomic E-state index is 12.3. The van der Waals surface area contributed by atoms with Crippen molar-refractivity contribution < 1.29 is 54.2 Å². The smallest absolute Gasteiger partial charge is 0.543 e. The van der Waals surface area contributed by atoms with Crippen LogP contribution in [0.4, 0.5) is 4.79 Å². The minimum atomic E-state index is -1.36. The van der Waals surface area contributed by atoms with Gasteiger partial charge in [-0.1, -0.05) is 18.7 Å². The first kappa shape index (κ1) is 21.1. The van der Waals surface area contributed by atoms with Crippen LogP contribution in [0.5, 0.6) is 0 Å². The van der Waals surface area contributed by atoms with Gasteiger partial charge in [0.15, 0.2) is 0 Å². The first-order chi connectivity index (χ1) is 11.2. The molecule has 0 spiro atoms. The third-order valence-electron chi connectivity index (χ3n) is 4.78. The number of carbonyl (C=O) groups excluding carboxylic acids is 3. The summed E-state index contributed by atoms with van der Waals surface area (Å²) in [7, 11) is 1.72. The van der Waals surface area contributed by atoms with E-state index in [1.54, 1.807) is 18.9 Å². The first-order valence-corrected chi connectivity index (χ1v) is 9.61. The van der Waals surface area contributed by atoms with E-state index in [4.69, 9.17) is 0 Å². The molecule has 0 bridgehead atoms. The van der Waals surface area contributed by atoms with Crippen LogP contribution in [0.25, 0.3) is 0 Å². The molecule has 0 aromatic carbocycles. The number of nitrogens with zero attached hydrogens (tertiary/aromatic N) is 2. The molecule has 1 unspecified atom stereocenters. The summed E-state index contributed by atoms with van der Waals surface area (Å²) in [6.07, 6.45) is -0.817. The number of carbonyl (C=O) groups is 3. The average molecular weight is 394 g/mol. The number of hydrogen-bond donors (Lipinski definition) is 1. The quantitative estimate of drug-likeness (QED) is 0.394. The van der Waals surface area contributed by atoms with Gasteiger partial charge in [0.25, 0.3) is 5.24 Å². The molecule has 132 valence electrons. The minimum Gasteiger partial charge on any atom is -0.543 e. The number of amides is 2. The Morgan fingerprint density at radius 2 is 2.08 bits per heavy atom. The Morgan fingerprint density at radius 1 is 1.44 bits per heavy atom. The number of β-lactam (4-membered cyclic amide) rings is 1. The zero-order chi connectivity index (χ0) is 17.8. The molecule has 2 saturated heterocycles. The van der Waals surface area contributed by atoms with Crippen LogP contribution >= 0.6 is 23.5 Å². The van der Waals surface area contributed by atoms with Crippen molar-refractivity contribution >= 4 is 40.6 Å². The van der Waals surface area contributed by atoms with Crippen molar-refractivity contribution in [3.8, 4) is 0 Å². The van der Waals surface area contributed by atoms with Gasteiger partial charge in [-0.15, -0.1) is 11.8 Å². The van der Waals surface area contributed by atoms with Crippen LogP contribution in [0, 0.1) is 11.8 Å². The summed E-state index contributed by atoms with van der Waals surface area (Å²) in [5.74, 6) is -1.87. The van der Waals surface area contributed by atoms with Gasteiger partial charge in [-0.25, -0.2) is 0 Å². The van der Waals surface area contributed by atoms with Gasteiger partial charge >= 0.3 is 29.6 Å². The van der Waals surface area contributed by atoms with Crippen LogP contribution in [-0.4, -0.2) is 68.8 Å². The van der Waals surface area contributed by atoms with Crippen molar-refractivity contribution in [3.05, 3.63) is 10.6 Å². The molecule has 0 aromatic rings. The molecule has 2 fully saturated rings. The number of carboxylic acid groups (broad SMARTS) is 1. The van der Waals surface area contributed by atoms with Crippen LogP contribution in [-0.2, 0) is 9.59 Å². The largest absolute Gasteiger partial charge is 1.00 e. The maximum Gasteiger partial charge on any atom is 1.00 e. The van der Waals surface area contributed by atoms with Crippen LogP contribution in [0.3, 0.4) is 0 Å². The predicted octanol–water partition coefficient (Wildman–Crippen LogP) is -3.29. The molecular weight excluding hydrogens is 375 g/mol. The maximum atomic E-state index is 12.3. The van der Waals surface area contributed by atoms with E-state index in [1.807, 2.05) is 6.92 Å². The number of rotatable bonds is 4. The molecule has 5 atom stereocenters. The van der Waals surface area contributed by atoms with Crippen molar-refractivity contribution in [2.45, 2.75) is 31.2 Å². The van der Waals surface area contributed by atoms with Gasteiger partial charge in [-0.3, -0.25) is 9.59 Å². The molecule has 1 N–H and O–H groups in total. The summed E-state index contributed by atoms with van der Waals surface area (Å²) >= 11 is 2.62. The number of aliphatic carboxylic acids is 1. The average Bonchev–Trinajstić information content (AvgIpc) is 2.73. The monoisotopic (exact) mass is 394 g/mol. The number of fused-ring (bicyclic) bond motifs is 1. The van der Waals surface area contributed by atoms with Gasteiger partial charge in [0.1, 0.15) is 0 Å². The van der Waals surface area contributed by atoms with Gasteiger partial charge in [0.2, 0.25) is 5.91 Å². The van der Waals surface area contributed by atoms with E-state index in [9.17, 15) is 24.6 Å². The Labute approximate surface area is 176 Å². The molecule has 25 heavy (non-hydrogen) atoms. The molecule has 3 rings (SSSR count). The van der Waals surface area contributed by atoms with E-state index in [0.29, 0.717) is 17.2 Å². The Kier molecular flexibility index (Phi) is 6.60. The fourth-order valence-corrected chi connectivity index (χ4v) is 6.14. The van der Waals surface area contributed by atoms with E-state index in [2.05, 4.69) is 0 Å². The van der Waals surface area contributed by atoms with E-state index in [-0.39, 0.29) is 63.6 Å². The SMILES string of the molecule is C[C@@H](O)[C@H]1C(=O)N2C(C(=O)[O-])=C(SC3CSC(=O)N(C)C3)[C@H](C)[C@H]12.[Na+]. The van der Waals surface area contributed by atoms with Gasteiger partial charge in [-0.05, 0) is 6.92 Å². The molecule has 2 amide bonds. The van der Waals surface area contributed by atoms with Crippen molar-refractivity contribution in [1.82, 2.24) is 9.80 Å². The standard InChI is InChI=1S/C15H20N2O5S2.Na/c1-6-10-9(7(2)18)13(19)17(10)11(14(20)21)12(6)24-8-4-16(3)15(22)23-5-8;/h6-10,18H,4-5H2,1-3H3,(H,20,21);/q;+1/p-1/t6-,7-,8?,9-,10-;/m1./s1. The third kappa shape index (κ3) is 3.51. The number of hydrogen-bond acceptors (Lipinski definition) is 7. The molecule has 0 aliphatic carbocycles. The Hall–Kier alpha value is -0.190. The van der Waals surface area contributed by atoms with Crippen LogP contribution in [0.15, 0.2) is 10.6 Å². The summed E-state index contributed by atoms with van der Waals surface area (Å²) in [6, 6.07) is -0.330. The Balaban J connectivity index is 0.00000225. The number of aliphatic hydroxyl groups is 1. The summed E-state index contributed by atoms with van der Waals surface area (Å²) in [4.78, 5) is 38.9. The van der Waals surface area contributed by atoms with Crippen LogP contribution in [0.2, 0.25) is 0 Å². The van der Waals surface area contributed by atoms with E-state index >= 15 is 0 Å². The van der Waals surface area contributed by atoms with Gasteiger partial charge < -0.3 is 24.8 Å². The molecule has 7 nitrogen and oxygen atoms in total. The van der Waals surface area contributed by atoms with Gasteiger partial charge in [0.05, 0.1) is 29.7 Å². The molecule has 10 heteroatoms. The summed E-state index contributed by atoms with van der Waals surface area (Å²) in [5.41, 5.74) is -0.0658. The minimum absolute atomic E-state index is 0. The van der Waals surface area contributed by atoms with Crippen molar-refractivity contribution in [1.29, 1.82) is 0 Å². The normalized spacial score (nSPS) is 33.0. The van der Waals surface area contributed by atoms with Gasteiger partial charge in [-0.2, -0.15) is 0 Å². The van der Waals surface area contributed by atoms with Crippen LogP contribution < -0.4 is 34.7 Å². The second kappa shape index (κ2) is 7.82. The Morgan fingerprint density at radius 3 is 2.60 bits per heavy atom. The Bertz CT molecular complexity index is 641. The molecule has 3 heterocycles.